The number of hydrogen-bond acceptors (Lipinski definition) is 4. The van der Waals surface area contributed by atoms with Crippen LogP contribution in [0.15, 0.2) is 18.5 Å². The lowest BCUT2D eigenvalue weighted by molar-refractivity contribution is 0.622. The molecule has 0 unspecified atom stereocenters. The van der Waals surface area contributed by atoms with E-state index >= 15 is 0 Å². The van der Waals surface area contributed by atoms with Crippen molar-refractivity contribution in [3.8, 4) is 22.9 Å². The zero-order valence-electron chi connectivity index (χ0n) is 9.20. The van der Waals surface area contributed by atoms with Gasteiger partial charge in [-0.25, -0.2) is 9.37 Å². The molecule has 5 heteroatoms. The average Bonchev–Trinajstić information content (AvgIpc) is 2.68. The lowest BCUT2D eigenvalue weighted by atomic mass is 10.3. The summed E-state index contributed by atoms with van der Waals surface area (Å²) in [5, 5.41) is 4.71. The number of aromatic nitrogens is 2. The van der Waals surface area contributed by atoms with Crippen LogP contribution >= 0.6 is 11.3 Å². The van der Waals surface area contributed by atoms with Gasteiger partial charge in [0, 0.05) is 11.8 Å². The topological polar surface area (TPSA) is 37.8 Å². The number of pyridine rings is 1. The van der Waals surface area contributed by atoms with Crippen LogP contribution in [0.25, 0.3) is 10.6 Å². The summed E-state index contributed by atoms with van der Waals surface area (Å²) in [7, 11) is 0. The molecule has 86 valence electrons. The summed E-state index contributed by atoms with van der Waals surface area (Å²) in [5.41, 5.74) is 1.52. The van der Waals surface area contributed by atoms with Gasteiger partial charge in [-0.15, -0.1) is 6.42 Å². The van der Waals surface area contributed by atoms with Gasteiger partial charge in [0.1, 0.15) is 15.8 Å². The van der Waals surface area contributed by atoms with Gasteiger partial charge in [0.05, 0.1) is 18.4 Å². The maximum Gasteiger partial charge on any atom is 0.142 e. The van der Waals surface area contributed by atoms with Crippen LogP contribution in [0.1, 0.15) is 5.69 Å². The molecular formula is C12H10FN3S. The summed E-state index contributed by atoms with van der Waals surface area (Å²) in [6, 6.07) is 1.41. The number of terminal acetylenes is 1. The van der Waals surface area contributed by atoms with E-state index in [1.165, 1.54) is 23.6 Å². The van der Waals surface area contributed by atoms with Crippen molar-refractivity contribution < 1.29 is 4.39 Å². The van der Waals surface area contributed by atoms with Crippen LogP contribution in [0.3, 0.4) is 0 Å². The van der Waals surface area contributed by atoms with Gasteiger partial charge < -0.3 is 5.32 Å². The van der Waals surface area contributed by atoms with Gasteiger partial charge in [-0.2, -0.15) is 0 Å². The molecule has 2 aromatic heterocycles. The van der Waals surface area contributed by atoms with E-state index in [2.05, 4.69) is 21.2 Å². The Bertz CT molecular complexity index is 571. The molecule has 0 atom stereocenters. The quantitative estimate of drug-likeness (QED) is 0.847. The first-order valence-electron chi connectivity index (χ1n) is 4.96. The summed E-state index contributed by atoms with van der Waals surface area (Å²) in [5.74, 6) is 2.13. The molecule has 3 nitrogen and oxygen atoms in total. The average molecular weight is 247 g/mol. The summed E-state index contributed by atoms with van der Waals surface area (Å²) in [6.45, 7) is 2.33. The van der Waals surface area contributed by atoms with E-state index in [9.17, 15) is 4.39 Å². The van der Waals surface area contributed by atoms with Gasteiger partial charge in [0.25, 0.3) is 0 Å². The van der Waals surface area contributed by atoms with Crippen molar-refractivity contribution in [3.63, 3.8) is 0 Å². The molecule has 0 aliphatic heterocycles. The highest BCUT2D eigenvalue weighted by atomic mass is 32.1. The van der Waals surface area contributed by atoms with E-state index in [0.29, 0.717) is 12.1 Å². The van der Waals surface area contributed by atoms with Crippen molar-refractivity contribution in [1.29, 1.82) is 0 Å². The summed E-state index contributed by atoms with van der Waals surface area (Å²) >= 11 is 1.44. The molecule has 1 N–H and O–H groups in total. The highest BCUT2D eigenvalue weighted by molar-refractivity contribution is 7.19. The molecule has 2 heterocycles. The molecule has 0 radical (unpaired) electrons. The Balaban J connectivity index is 2.31. The molecule has 17 heavy (non-hydrogen) atoms. The van der Waals surface area contributed by atoms with Gasteiger partial charge in [0.15, 0.2) is 0 Å². The molecular weight excluding hydrogens is 237 g/mol. The lowest BCUT2D eigenvalue weighted by Crippen LogP contribution is -1.96. The second-order valence-electron chi connectivity index (χ2n) is 3.38. The Hall–Kier alpha value is -1.93. The predicted molar refractivity (Wildman–Crippen MR) is 67.4 cm³/mol. The smallest absolute Gasteiger partial charge is 0.142 e. The Morgan fingerprint density at radius 3 is 3.06 bits per heavy atom. The predicted octanol–water partition coefficient (Wildman–Crippen LogP) is 2.70. The first kappa shape index (κ1) is 11.6. The van der Waals surface area contributed by atoms with Crippen molar-refractivity contribution in [3.05, 3.63) is 30.0 Å². The molecule has 0 aromatic carbocycles. The minimum Gasteiger partial charge on any atom is -0.364 e. The number of nitrogens with zero attached hydrogens (tertiary/aromatic N) is 2. The molecule has 0 aliphatic rings. The molecule has 2 rings (SSSR count). The number of aryl methyl sites for hydroxylation is 1. The summed E-state index contributed by atoms with van der Waals surface area (Å²) in [4.78, 5) is 8.16. The number of thiazole rings is 1. The zero-order chi connectivity index (χ0) is 12.3. The molecule has 0 spiro atoms. The first-order valence-corrected chi connectivity index (χ1v) is 5.78. The van der Waals surface area contributed by atoms with Gasteiger partial charge in [-0.05, 0) is 13.0 Å². The van der Waals surface area contributed by atoms with Gasteiger partial charge in [-0.3, -0.25) is 4.98 Å². The standard InChI is InChI=1S/C12H10FN3S/c1-3-4-15-11-8(2)16-12(17-11)9-5-10(13)7-14-6-9/h1,5-7,15H,4H2,2H3. The van der Waals surface area contributed by atoms with E-state index in [4.69, 9.17) is 6.42 Å². The molecule has 0 aliphatic carbocycles. The second-order valence-corrected chi connectivity index (χ2v) is 4.38. The lowest BCUT2D eigenvalue weighted by Gasteiger charge is -1.96. The fourth-order valence-electron chi connectivity index (χ4n) is 1.34. The van der Waals surface area contributed by atoms with Gasteiger partial charge >= 0.3 is 0 Å². The fraction of sp³-hybridized carbons (Fsp3) is 0.167. The maximum absolute atomic E-state index is 13.0. The van der Waals surface area contributed by atoms with Crippen LogP contribution in [0.4, 0.5) is 9.39 Å². The Morgan fingerprint density at radius 2 is 2.35 bits per heavy atom. The largest absolute Gasteiger partial charge is 0.364 e. The zero-order valence-corrected chi connectivity index (χ0v) is 10.0. The molecule has 0 saturated carbocycles. The van der Waals surface area contributed by atoms with Crippen LogP contribution in [0.5, 0.6) is 0 Å². The van der Waals surface area contributed by atoms with Crippen LogP contribution < -0.4 is 5.32 Å². The highest BCUT2D eigenvalue weighted by Gasteiger charge is 2.09. The van der Waals surface area contributed by atoms with Crippen molar-refractivity contribution in [2.75, 3.05) is 11.9 Å². The third-order valence-electron chi connectivity index (χ3n) is 2.10. The summed E-state index contributed by atoms with van der Waals surface area (Å²) < 4.78 is 13.0. The van der Waals surface area contributed by atoms with Crippen LogP contribution in [-0.2, 0) is 0 Å². The molecule has 0 amide bonds. The van der Waals surface area contributed by atoms with E-state index < -0.39 is 0 Å². The Morgan fingerprint density at radius 1 is 1.53 bits per heavy atom. The second kappa shape index (κ2) is 4.93. The summed E-state index contributed by atoms with van der Waals surface area (Å²) in [6.07, 6.45) is 7.93. The van der Waals surface area contributed by atoms with E-state index in [-0.39, 0.29) is 5.82 Å². The minimum absolute atomic E-state index is 0.367. The third kappa shape index (κ3) is 2.60. The van der Waals surface area contributed by atoms with Gasteiger partial charge in [0.2, 0.25) is 0 Å². The van der Waals surface area contributed by atoms with E-state index in [1.807, 2.05) is 6.92 Å². The highest BCUT2D eigenvalue weighted by Crippen LogP contribution is 2.31. The number of nitrogens with one attached hydrogen (secondary N) is 1. The van der Waals surface area contributed by atoms with Crippen LogP contribution in [0.2, 0.25) is 0 Å². The van der Waals surface area contributed by atoms with E-state index in [0.717, 1.165) is 15.7 Å². The number of rotatable bonds is 3. The number of hydrogen-bond donors (Lipinski definition) is 1. The monoisotopic (exact) mass is 247 g/mol. The van der Waals surface area contributed by atoms with E-state index in [1.54, 1.807) is 6.20 Å². The molecule has 0 saturated heterocycles. The maximum atomic E-state index is 13.0. The molecule has 0 bridgehead atoms. The molecule has 2 aromatic rings. The van der Waals surface area contributed by atoms with Crippen molar-refractivity contribution in [2.24, 2.45) is 0 Å². The Kier molecular flexibility index (Phi) is 3.35. The van der Waals surface area contributed by atoms with Crippen molar-refractivity contribution >= 4 is 16.3 Å². The SMILES string of the molecule is C#CCNc1sc(-c2cncc(F)c2)nc1C. The Labute approximate surface area is 103 Å². The number of anilines is 1. The molecule has 0 fully saturated rings. The van der Waals surface area contributed by atoms with Crippen LogP contribution in [0, 0.1) is 25.1 Å². The fourth-order valence-corrected chi connectivity index (χ4v) is 2.29. The normalized spacial score (nSPS) is 9.94. The number of halogens is 1. The van der Waals surface area contributed by atoms with Gasteiger partial charge in [-0.1, -0.05) is 17.3 Å². The van der Waals surface area contributed by atoms with Crippen LogP contribution in [-0.4, -0.2) is 16.5 Å². The third-order valence-corrected chi connectivity index (χ3v) is 3.26. The van der Waals surface area contributed by atoms with Crippen molar-refractivity contribution in [1.82, 2.24) is 9.97 Å². The minimum atomic E-state index is -0.367. The van der Waals surface area contributed by atoms with Crippen molar-refractivity contribution in [2.45, 2.75) is 6.92 Å². The first-order chi connectivity index (χ1) is 8.20.